The number of methoxy groups -OCH3 is 3. The van der Waals surface area contributed by atoms with Crippen LogP contribution in [0.3, 0.4) is 0 Å². The van der Waals surface area contributed by atoms with Gasteiger partial charge in [0.05, 0.1) is 21.3 Å². The average Bonchev–Trinajstić information content (AvgIpc) is 2.58. The van der Waals surface area contributed by atoms with Gasteiger partial charge in [0.1, 0.15) is 0 Å². The molecule has 1 atom stereocenters. The molecule has 0 saturated heterocycles. The van der Waals surface area contributed by atoms with Crippen molar-refractivity contribution in [2.45, 2.75) is 32.6 Å². The first-order chi connectivity index (χ1) is 11.1. The van der Waals surface area contributed by atoms with Crippen LogP contribution in [0.2, 0.25) is 0 Å². The van der Waals surface area contributed by atoms with Gasteiger partial charge in [-0.1, -0.05) is 13.8 Å². The highest BCUT2D eigenvalue weighted by Crippen LogP contribution is 2.40. The highest BCUT2D eigenvalue weighted by atomic mass is 16.5. The average molecular weight is 324 g/mol. The molecule has 0 bridgehead atoms. The van der Waals surface area contributed by atoms with Crippen LogP contribution in [0.4, 0.5) is 0 Å². The van der Waals surface area contributed by atoms with E-state index in [2.05, 4.69) is 18.7 Å². The largest absolute Gasteiger partial charge is 0.493 e. The molecule has 0 aliphatic carbocycles. The highest BCUT2D eigenvalue weighted by Gasteiger charge is 2.20. The van der Waals surface area contributed by atoms with Crippen LogP contribution in [0.25, 0.3) is 0 Å². The van der Waals surface area contributed by atoms with Crippen LogP contribution in [-0.4, -0.2) is 52.4 Å². The first kappa shape index (κ1) is 19.6. The Labute approximate surface area is 140 Å². The Balaban J connectivity index is 3.09. The predicted molar refractivity (Wildman–Crippen MR) is 94.9 cm³/mol. The molecular weight excluding hydrogens is 292 g/mol. The molecule has 23 heavy (non-hydrogen) atoms. The fourth-order valence-electron chi connectivity index (χ4n) is 2.89. The lowest BCUT2D eigenvalue weighted by molar-refractivity contribution is 0.257. The molecule has 1 rings (SSSR count). The van der Waals surface area contributed by atoms with Crippen molar-refractivity contribution >= 4 is 0 Å². The maximum Gasteiger partial charge on any atom is 0.203 e. The van der Waals surface area contributed by atoms with E-state index in [0.717, 1.165) is 38.0 Å². The third kappa shape index (κ3) is 5.29. The second-order valence-electron chi connectivity index (χ2n) is 5.69. The number of benzene rings is 1. The zero-order valence-electron chi connectivity index (χ0n) is 15.2. The number of hydrogen-bond donors (Lipinski definition) is 1. The van der Waals surface area contributed by atoms with Crippen molar-refractivity contribution in [2.24, 2.45) is 5.73 Å². The van der Waals surface area contributed by atoms with Gasteiger partial charge >= 0.3 is 0 Å². The summed E-state index contributed by atoms with van der Waals surface area (Å²) in [6, 6.07) is 4.02. The summed E-state index contributed by atoms with van der Waals surface area (Å²) in [5, 5.41) is 0. The Morgan fingerprint density at radius 1 is 0.957 bits per heavy atom. The third-order valence-corrected chi connectivity index (χ3v) is 4.00. The van der Waals surface area contributed by atoms with Gasteiger partial charge in [0.2, 0.25) is 5.75 Å². The van der Waals surface area contributed by atoms with Gasteiger partial charge in [0.25, 0.3) is 0 Å². The second-order valence-corrected chi connectivity index (χ2v) is 5.69. The van der Waals surface area contributed by atoms with E-state index in [4.69, 9.17) is 19.9 Å². The lowest BCUT2D eigenvalue weighted by Crippen LogP contribution is -2.33. The van der Waals surface area contributed by atoms with Crippen molar-refractivity contribution < 1.29 is 14.2 Å². The predicted octanol–water partition coefficient (Wildman–Crippen LogP) is 2.88. The SMILES string of the molecule is CCCN(CCC)CC(CN)c1cc(OC)c(OC)c(OC)c1. The first-order valence-electron chi connectivity index (χ1n) is 8.37. The number of nitrogens with zero attached hydrogens (tertiary/aromatic N) is 1. The molecule has 2 N–H and O–H groups in total. The minimum absolute atomic E-state index is 0.238. The van der Waals surface area contributed by atoms with Crippen LogP contribution in [0, 0.1) is 0 Å². The molecule has 0 aliphatic heterocycles. The minimum atomic E-state index is 0.238. The number of ether oxygens (including phenoxy) is 3. The molecule has 0 amide bonds. The smallest absolute Gasteiger partial charge is 0.203 e. The summed E-state index contributed by atoms with van der Waals surface area (Å²) in [6.45, 7) is 8.13. The molecule has 0 radical (unpaired) electrons. The summed E-state index contributed by atoms with van der Waals surface area (Å²) in [4.78, 5) is 2.47. The van der Waals surface area contributed by atoms with Crippen LogP contribution in [0.1, 0.15) is 38.2 Å². The molecule has 5 heteroatoms. The van der Waals surface area contributed by atoms with E-state index in [1.807, 2.05) is 12.1 Å². The molecule has 5 nitrogen and oxygen atoms in total. The Kier molecular flexibility index (Phi) is 8.81. The number of rotatable bonds is 11. The molecule has 132 valence electrons. The number of nitrogens with two attached hydrogens (primary N) is 1. The second kappa shape index (κ2) is 10.3. The molecule has 1 unspecified atom stereocenters. The third-order valence-electron chi connectivity index (χ3n) is 4.00. The van der Waals surface area contributed by atoms with Gasteiger partial charge in [-0.2, -0.15) is 0 Å². The fraction of sp³-hybridized carbons (Fsp3) is 0.667. The van der Waals surface area contributed by atoms with Crippen molar-refractivity contribution in [1.29, 1.82) is 0 Å². The van der Waals surface area contributed by atoms with Crippen LogP contribution in [-0.2, 0) is 0 Å². The maximum atomic E-state index is 6.06. The molecule has 1 aromatic carbocycles. The topological polar surface area (TPSA) is 57.0 Å². The summed E-state index contributed by atoms with van der Waals surface area (Å²) in [6.07, 6.45) is 2.29. The standard InChI is InChI=1S/C18H32N2O3/c1-6-8-20(9-7-2)13-15(12-19)14-10-16(21-3)18(23-5)17(11-14)22-4/h10-11,15H,6-9,12-13,19H2,1-5H3. The van der Waals surface area contributed by atoms with Crippen LogP contribution in [0.15, 0.2) is 12.1 Å². The Bertz CT molecular complexity index is 435. The van der Waals surface area contributed by atoms with E-state index in [9.17, 15) is 0 Å². The molecule has 0 heterocycles. The van der Waals surface area contributed by atoms with Crippen molar-refractivity contribution in [3.05, 3.63) is 17.7 Å². The zero-order chi connectivity index (χ0) is 17.2. The molecular formula is C18H32N2O3. The molecule has 0 aliphatic rings. The van der Waals surface area contributed by atoms with Crippen molar-refractivity contribution in [3.8, 4) is 17.2 Å². The van der Waals surface area contributed by atoms with Gasteiger partial charge in [-0.15, -0.1) is 0 Å². The van der Waals surface area contributed by atoms with E-state index in [1.54, 1.807) is 21.3 Å². The van der Waals surface area contributed by atoms with Gasteiger partial charge in [0.15, 0.2) is 11.5 Å². The fourth-order valence-corrected chi connectivity index (χ4v) is 2.89. The Morgan fingerprint density at radius 2 is 1.48 bits per heavy atom. The van der Waals surface area contributed by atoms with E-state index in [0.29, 0.717) is 23.8 Å². The monoisotopic (exact) mass is 324 g/mol. The normalized spacial score (nSPS) is 12.3. The van der Waals surface area contributed by atoms with E-state index >= 15 is 0 Å². The summed E-state index contributed by atoms with van der Waals surface area (Å²) in [5.74, 6) is 2.21. The summed E-state index contributed by atoms with van der Waals surface area (Å²) < 4.78 is 16.3. The van der Waals surface area contributed by atoms with Gasteiger partial charge in [-0.3, -0.25) is 0 Å². The molecule has 0 spiro atoms. The zero-order valence-corrected chi connectivity index (χ0v) is 15.2. The highest BCUT2D eigenvalue weighted by molar-refractivity contribution is 5.54. The summed E-state index contributed by atoms with van der Waals surface area (Å²) in [5.41, 5.74) is 7.18. The van der Waals surface area contributed by atoms with E-state index < -0.39 is 0 Å². The van der Waals surface area contributed by atoms with Crippen molar-refractivity contribution in [1.82, 2.24) is 4.90 Å². The van der Waals surface area contributed by atoms with E-state index in [-0.39, 0.29) is 5.92 Å². The van der Waals surface area contributed by atoms with Crippen molar-refractivity contribution in [2.75, 3.05) is 47.5 Å². The lowest BCUT2D eigenvalue weighted by atomic mass is 9.97. The van der Waals surface area contributed by atoms with Crippen LogP contribution in [0.5, 0.6) is 17.2 Å². The Morgan fingerprint density at radius 3 is 1.83 bits per heavy atom. The van der Waals surface area contributed by atoms with Crippen molar-refractivity contribution in [3.63, 3.8) is 0 Å². The Hall–Kier alpha value is -1.46. The van der Waals surface area contributed by atoms with Gasteiger partial charge < -0.3 is 24.8 Å². The molecule has 0 aromatic heterocycles. The maximum absolute atomic E-state index is 6.06. The quantitative estimate of drug-likeness (QED) is 0.678. The number of hydrogen-bond acceptors (Lipinski definition) is 5. The van der Waals surface area contributed by atoms with Crippen LogP contribution < -0.4 is 19.9 Å². The van der Waals surface area contributed by atoms with Gasteiger partial charge in [0, 0.05) is 19.0 Å². The minimum Gasteiger partial charge on any atom is -0.493 e. The molecule has 0 saturated carbocycles. The van der Waals surface area contributed by atoms with Gasteiger partial charge in [-0.05, 0) is 43.6 Å². The van der Waals surface area contributed by atoms with E-state index in [1.165, 1.54) is 0 Å². The summed E-state index contributed by atoms with van der Waals surface area (Å²) >= 11 is 0. The molecule has 0 fully saturated rings. The van der Waals surface area contributed by atoms with Gasteiger partial charge in [-0.25, -0.2) is 0 Å². The van der Waals surface area contributed by atoms with Crippen LogP contribution >= 0.6 is 0 Å². The molecule has 1 aromatic rings. The first-order valence-corrected chi connectivity index (χ1v) is 8.37. The summed E-state index contributed by atoms with van der Waals surface area (Å²) in [7, 11) is 4.89. The lowest BCUT2D eigenvalue weighted by Gasteiger charge is -2.27.